The predicted octanol–water partition coefficient (Wildman–Crippen LogP) is -7.49. The van der Waals surface area contributed by atoms with E-state index in [0.29, 0.717) is 44.7 Å². The van der Waals surface area contributed by atoms with Crippen LogP contribution in [0.2, 0.25) is 0 Å². The molecule has 0 spiro atoms. The molecule has 15 atom stereocenters. The van der Waals surface area contributed by atoms with Gasteiger partial charge in [0, 0.05) is 57.0 Å². The number of para-hydroxylation sites is 1. The number of carbonyl (C=O) groups is 17. The molecule has 3 aromatic rings. The van der Waals surface area contributed by atoms with Crippen molar-refractivity contribution in [3.63, 3.8) is 0 Å². The Kier molecular flexibility index (Phi) is 36.4. The van der Waals surface area contributed by atoms with Crippen molar-refractivity contribution in [2.24, 2.45) is 33.9 Å². The number of nitrogens with one attached hydrogen (secondary N) is 13. The molecule has 16 amide bonds. The first kappa shape index (κ1) is 99.5. The number of guanidine groups is 1. The number of aromatic nitrogens is 1. The minimum absolute atomic E-state index is 0.0433. The van der Waals surface area contributed by atoms with E-state index in [2.05, 4.69) is 68.8 Å². The number of aliphatic hydroxyl groups excluding tert-OH is 1. The number of hydrogen-bond acceptors (Lipinski definition) is 23. The van der Waals surface area contributed by atoms with E-state index < -0.39 is 250 Å². The Hall–Kier alpha value is -12.1. The van der Waals surface area contributed by atoms with E-state index in [1.807, 2.05) is 0 Å². The molecule has 5 rings (SSSR count). The Morgan fingerprint density at radius 3 is 1.88 bits per heavy atom. The number of fused-ring (bicyclic) bond motifs is 1. The van der Waals surface area contributed by atoms with Crippen molar-refractivity contribution in [3.8, 4) is 5.75 Å². The van der Waals surface area contributed by atoms with Crippen molar-refractivity contribution in [2.75, 3.05) is 39.5 Å². The third-order valence-corrected chi connectivity index (χ3v) is 20.8. The number of benzene rings is 2. The van der Waals surface area contributed by atoms with Crippen LogP contribution >= 0.6 is 0 Å². The Morgan fingerprint density at radius 2 is 1.30 bits per heavy atom. The quantitative estimate of drug-likeness (QED) is 0.00650. The lowest BCUT2D eigenvalue weighted by Gasteiger charge is -2.37. The van der Waals surface area contributed by atoms with Crippen molar-refractivity contribution >= 4 is 128 Å². The number of hydrogen-bond donors (Lipinski definition) is 19. The number of likely N-dealkylation sites (tertiary alicyclic amines) is 1. The summed E-state index contributed by atoms with van der Waals surface area (Å²) in [5.74, 6) is -20.7. The van der Waals surface area contributed by atoms with Gasteiger partial charge in [-0.1, -0.05) is 85.7 Å². The van der Waals surface area contributed by atoms with Crippen LogP contribution in [-0.2, 0) is 109 Å². The zero-order chi connectivity index (χ0) is 91.0. The van der Waals surface area contributed by atoms with Crippen molar-refractivity contribution in [3.05, 3.63) is 65.9 Å². The second-order valence-corrected chi connectivity index (χ2v) is 34.2. The molecular formula is C77H116N20O23S. The molecule has 3 unspecified atom stereocenters. The number of rotatable bonds is 35. The Bertz CT molecular complexity index is 4410. The Morgan fingerprint density at radius 1 is 0.711 bits per heavy atom. The molecule has 2 aliphatic rings. The van der Waals surface area contributed by atoms with Crippen molar-refractivity contribution < 1.29 is 115 Å². The maximum absolute atomic E-state index is 15.4. The summed E-state index contributed by atoms with van der Waals surface area (Å²) in [5.41, 5.74) is 15.7. The van der Waals surface area contributed by atoms with E-state index in [4.69, 9.17) is 27.3 Å². The molecule has 0 saturated carbocycles. The number of carbonyl (C=O) groups excluding carboxylic acids is 17. The molecule has 1 aromatic heterocycles. The van der Waals surface area contributed by atoms with Gasteiger partial charge in [-0.2, -0.15) is 0 Å². The minimum atomic E-state index is -5.68. The van der Waals surface area contributed by atoms with Gasteiger partial charge in [0.2, 0.25) is 95.0 Å². The molecule has 44 heteroatoms. The lowest BCUT2D eigenvalue weighted by molar-refractivity contribution is -0.158. The highest BCUT2D eigenvalue weighted by Gasteiger charge is 2.46. The second kappa shape index (κ2) is 44.3. The highest BCUT2D eigenvalue weighted by Crippen LogP contribution is 2.28. The molecule has 3 heterocycles. The third kappa shape index (κ3) is 30.3. The number of esters is 1. The van der Waals surface area contributed by atoms with Crippen LogP contribution < -0.4 is 86.4 Å². The average molecular weight is 1720 g/mol. The first-order valence-corrected chi connectivity index (χ1v) is 40.8. The highest BCUT2D eigenvalue weighted by molar-refractivity contribution is 7.85. The van der Waals surface area contributed by atoms with Gasteiger partial charge in [0.1, 0.15) is 96.9 Å². The molecule has 23 N–H and O–H groups in total. The number of nitrogens with zero attached hydrogens (tertiary/aromatic N) is 3. The summed E-state index contributed by atoms with van der Waals surface area (Å²) >= 11 is 0. The van der Waals surface area contributed by atoms with Gasteiger partial charge in [-0.15, -0.1) is 0 Å². The maximum atomic E-state index is 15.4. The Balaban J connectivity index is 1.55. The largest absolute Gasteiger partial charge is 0.748 e. The standard InChI is InChI=1S/C77H116N20O23S/c1-38(2)30-48-65(107)91-58(40(4)99)69(111)89-51(33-56(79)102)72(114)95(12)35-57(103)120-41(5)59(74(116)96(13)53(67(109)86-48)26-27-55(78)101)92-66(108)52(36-121(117,118)119)90-63(105)47(20-16-28-82-75(80)81)85-64(106)49(32-43-34-83-46-19-15-14-18-45(43)46)87-70(112)60(76(6,7)8)94-71(113)61(77(9,10)11)93-68(110)54-21-17-29-97(54)73(115)50(88-62(104)39(3)84-37-98)31-42-22-24-44(100)25-23-42/h14-15,18-19,22-25,34,37-41,47-54,58-61,83,99-100H,16-17,20-21,26-33,35-36H2,1-13H3,(H2,78,101)(H2,79,102)(H,84,98)(H,85,106)(H,86,109)(H,87,112)(H,88,104)(H,89,111)(H,90,105)(H,91,107)(H,92,108)(H,93,110)(H,94,113)(H4,80,81,82)(H,117,118,119)/t39-,40-,41-,47+,48-,49-,50+,51+,52-,53+,54+,58+,59?,60?,61?/m1/s1. The van der Waals surface area contributed by atoms with Crippen LogP contribution in [-0.4, -0.2) is 280 Å². The van der Waals surface area contributed by atoms with E-state index in [9.17, 15) is 80.7 Å². The summed E-state index contributed by atoms with van der Waals surface area (Å²) in [7, 11) is -3.72. The molecule has 2 aromatic carbocycles. The number of phenolic OH excluding ortho intramolecular Hbond substituents is 1. The van der Waals surface area contributed by atoms with Crippen molar-refractivity contribution in [1.29, 1.82) is 0 Å². The zero-order valence-electron chi connectivity index (χ0n) is 69.9. The van der Waals surface area contributed by atoms with Crippen LogP contribution in [0.25, 0.3) is 10.9 Å². The SMILES string of the molecule is CC(C)C[C@H]1NC(=O)[C@H](CCC(N)=O)N(C)C(=O)C(NC(=O)[C@@H](CS(=O)(=O)[O-])NC(=O)[C@H](CCCNC(N)=[NH2+])NC(=O)[C@@H](Cc2c[nH]c3ccccc23)NC(=O)C(NC(=O)C(NC(=O)[C@@H]2CCCN2C(=O)[C@H](Cc2ccc(O)cc2)NC(=O)[C@@H](C)NC=O)C(C)(C)C)C(C)(C)C)[C@@H](C)OC(=O)CN(C)C(=O)[C@H](CC(N)=O)NC(=O)[C@H]([C@@H](C)O)NC1=O. The molecule has 0 radical (unpaired) electrons. The molecule has 43 nitrogen and oxygen atoms in total. The number of aromatic hydroxyl groups is 1. The number of nitrogens with two attached hydrogens (primary N) is 4. The van der Waals surface area contributed by atoms with Gasteiger partial charge in [-0.25, -0.2) is 8.42 Å². The van der Waals surface area contributed by atoms with E-state index in [1.165, 1.54) is 42.3 Å². The van der Waals surface area contributed by atoms with Crippen molar-refractivity contribution in [2.45, 2.75) is 231 Å². The summed E-state index contributed by atoms with van der Waals surface area (Å²) in [5, 5.41) is 56.7. The summed E-state index contributed by atoms with van der Waals surface area (Å²) in [6.07, 6.45) is -5.00. The monoisotopic (exact) mass is 1720 g/mol. The van der Waals surface area contributed by atoms with Gasteiger partial charge < -0.3 is 109 Å². The molecule has 0 aliphatic carbocycles. The van der Waals surface area contributed by atoms with Gasteiger partial charge in [0.05, 0.1) is 34.9 Å². The number of phenols is 1. The molecular weight excluding hydrogens is 1610 g/mol. The molecule has 0 bridgehead atoms. The molecule has 121 heavy (non-hydrogen) atoms. The number of aromatic amines is 1. The number of likely N-dealkylation sites (N-methyl/N-ethyl adjacent to an activating group) is 2. The fourth-order valence-corrected chi connectivity index (χ4v) is 14.2. The number of primary amides is 2. The topological polar surface area (TPSA) is 671 Å². The van der Waals surface area contributed by atoms with Gasteiger partial charge in [0.25, 0.3) is 0 Å². The van der Waals surface area contributed by atoms with Crippen LogP contribution in [0.15, 0.2) is 54.7 Å². The average Bonchev–Trinajstić information content (AvgIpc) is 1.75. The number of H-pyrrole nitrogens is 1. The highest BCUT2D eigenvalue weighted by atomic mass is 32.2. The van der Waals surface area contributed by atoms with E-state index in [0.717, 1.165) is 27.9 Å². The number of aliphatic hydroxyl groups is 1. The third-order valence-electron chi connectivity index (χ3n) is 20.0. The van der Waals surface area contributed by atoms with E-state index in [1.54, 1.807) is 79.7 Å². The fourth-order valence-electron chi connectivity index (χ4n) is 13.5. The summed E-state index contributed by atoms with van der Waals surface area (Å²) in [4.78, 5) is 246. The normalized spacial score (nSPS) is 20.7. The summed E-state index contributed by atoms with van der Waals surface area (Å²) in [6.45, 7) is 15.1. The van der Waals surface area contributed by atoms with Gasteiger partial charge in [-0.3, -0.25) is 98.0 Å². The molecule has 668 valence electrons. The van der Waals surface area contributed by atoms with Crippen LogP contribution in [0.5, 0.6) is 5.75 Å². The lowest BCUT2D eigenvalue weighted by atomic mass is 9.83. The van der Waals surface area contributed by atoms with Crippen LogP contribution in [0.1, 0.15) is 139 Å². The second-order valence-electron chi connectivity index (χ2n) is 32.7. The first-order chi connectivity index (χ1) is 56.3. The van der Waals surface area contributed by atoms with E-state index >= 15 is 24.0 Å². The zero-order valence-corrected chi connectivity index (χ0v) is 70.8. The summed E-state index contributed by atoms with van der Waals surface area (Å²) in [6, 6.07) is -9.88. The number of cyclic esters (lactones) is 1. The van der Waals surface area contributed by atoms with Crippen LogP contribution in [0.3, 0.4) is 0 Å². The van der Waals surface area contributed by atoms with Gasteiger partial charge in [-0.05, 0) is 105 Å². The minimum Gasteiger partial charge on any atom is -0.748 e. The van der Waals surface area contributed by atoms with Gasteiger partial charge >= 0.3 is 11.9 Å². The predicted molar refractivity (Wildman–Crippen MR) is 431 cm³/mol. The van der Waals surface area contributed by atoms with Crippen molar-refractivity contribution in [1.82, 2.24) is 83.5 Å². The Labute approximate surface area is 699 Å². The summed E-state index contributed by atoms with van der Waals surface area (Å²) < 4.78 is 44.4. The van der Waals surface area contributed by atoms with E-state index in [-0.39, 0.29) is 56.9 Å². The fraction of sp³-hybridized carbons (Fsp3) is 0.584. The van der Waals surface area contributed by atoms with Gasteiger partial charge in [0.15, 0.2) is 0 Å². The lowest BCUT2D eigenvalue weighted by Crippen LogP contribution is -2.64. The molecule has 2 saturated heterocycles. The van der Waals surface area contributed by atoms with Crippen LogP contribution in [0.4, 0.5) is 0 Å². The maximum Gasteiger partial charge on any atom is 0.338 e. The molecule has 2 fully saturated rings. The number of ether oxygens (including phenoxy) is 1. The smallest absolute Gasteiger partial charge is 0.338 e. The number of amides is 16. The first-order valence-electron chi connectivity index (χ1n) is 39.2. The van der Waals surface area contributed by atoms with Crippen LogP contribution in [0, 0.1) is 16.7 Å². The molecule has 2 aliphatic heterocycles.